The van der Waals surface area contributed by atoms with Crippen LogP contribution in [0.25, 0.3) is 0 Å². The summed E-state index contributed by atoms with van der Waals surface area (Å²) < 4.78 is 5.66. The van der Waals surface area contributed by atoms with Crippen LogP contribution in [0.1, 0.15) is 16.8 Å². The number of carboxylic acid groups (broad SMARTS) is 2. The standard InChI is InChI=1S/C14H16N2O6/c15-13(19)7-1-3-8(4-2-7)22-10-6-16-12(14(20)21)9(10)5-11(17)18/h1-4,9-10,12,16H,5-6H2,(H2,15,19)(H,17,18)(H,20,21). The van der Waals surface area contributed by atoms with Crippen LogP contribution in [-0.2, 0) is 9.59 Å². The molecule has 1 fully saturated rings. The molecule has 3 unspecified atom stereocenters. The number of primary amides is 1. The third kappa shape index (κ3) is 3.53. The Labute approximate surface area is 125 Å². The summed E-state index contributed by atoms with van der Waals surface area (Å²) in [6, 6.07) is 5.07. The molecule has 3 atom stereocenters. The van der Waals surface area contributed by atoms with Crippen LogP contribution >= 0.6 is 0 Å². The number of aliphatic carboxylic acids is 2. The highest BCUT2D eigenvalue weighted by Crippen LogP contribution is 2.25. The molecule has 2 rings (SSSR count). The molecule has 118 valence electrons. The zero-order valence-corrected chi connectivity index (χ0v) is 11.6. The lowest BCUT2D eigenvalue weighted by Gasteiger charge is -2.21. The molecule has 0 bridgehead atoms. The summed E-state index contributed by atoms with van der Waals surface area (Å²) in [6.07, 6.45) is -0.898. The maximum Gasteiger partial charge on any atom is 0.321 e. The lowest BCUT2D eigenvalue weighted by Crippen LogP contribution is -2.38. The van der Waals surface area contributed by atoms with Crippen LogP contribution in [-0.4, -0.2) is 46.7 Å². The summed E-state index contributed by atoms with van der Waals surface area (Å²) in [6.45, 7) is 0.229. The van der Waals surface area contributed by atoms with Gasteiger partial charge in [-0.2, -0.15) is 0 Å². The minimum atomic E-state index is -1.11. The van der Waals surface area contributed by atoms with E-state index in [1.54, 1.807) is 0 Å². The van der Waals surface area contributed by atoms with E-state index in [2.05, 4.69) is 5.32 Å². The van der Waals surface area contributed by atoms with E-state index >= 15 is 0 Å². The monoisotopic (exact) mass is 308 g/mol. The maximum absolute atomic E-state index is 11.1. The van der Waals surface area contributed by atoms with Gasteiger partial charge in [0.25, 0.3) is 0 Å². The molecule has 1 amide bonds. The SMILES string of the molecule is NC(=O)c1ccc(OC2CNC(C(=O)O)C2CC(=O)O)cc1. The number of hydrogen-bond donors (Lipinski definition) is 4. The first-order valence-electron chi connectivity index (χ1n) is 6.63. The Kier molecular flexibility index (Phi) is 4.62. The van der Waals surface area contributed by atoms with Gasteiger partial charge in [0.05, 0.1) is 6.42 Å². The van der Waals surface area contributed by atoms with Crippen molar-refractivity contribution in [2.75, 3.05) is 6.54 Å². The fourth-order valence-corrected chi connectivity index (χ4v) is 2.48. The van der Waals surface area contributed by atoms with Gasteiger partial charge < -0.3 is 26.0 Å². The normalized spacial score (nSPS) is 23.9. The topological polar surface area (TPSA) is 139 Å². The van der Waals surface area contributed by atoms with Crippen LogP contribution < -0.4 is 15.8 Å². The predicted octanol–water partition coefficient (Wildman–Crippen LogP) is -0.320. The van der Waals surface area contributed by atoms with Crippen LogP contribution in [0.3, 0.4) is 0 Å². The molecule has 0 saturated carbocycles. The molecule has 22 heavy (non-hydrogen) atoms. The molecule has 5 N–H and O–H groups in total. The number of carbonyl (C=O) groups is 3. The molecule has 1 aliphatic rings. The van der Waals surface area contributed by atoms with Gasteiger partial charge in [-0.15, -0.1) is 0 Å². The Morgan fingerprint density at radius 1 is 1.23 bits per heavy atom. The van der Waals surface area contributed by atoms with Gasteiger partial charge in [0.15, 0.2) is 0 Å². The largest absolute Gasteiger partial charge is 0.489 e. The number of carbonyl (C=O) groups excluding carboxylic acids is 1. The van der Waals surface area contributed by atoms with E-state index in [9.17, 15) is 14.4 Å². The maximum atomic E-state index is 11.1. The molecule has 0 radical (unpaired) electrons. The third-order valence-corrected chi connectivity index (χ3v) is 3.55. The number of nitrogens with one attached hydrogen (secondary N) is 1. The smallest absolute Gasteiger partial charge is 0.321 e. The van der Waals surface area contributed by atoms with Gasteiger partial charge in [-0.3, -0.25) is 14.4 Å². The predicted molar refractivity (Wildman–Crippen MR) is 74.5 cm³/mol. The Bertz CT molecular complexity index is 586. The summed E-state index contributed by atoms with van der Waals surface area (Å²) >= 11 is 0. The fourth-order valence-electron chi connectivity index (χ4n) is 2.48. The van der Waals surface area contributed by atoms with E-state index in [1.165, 1.54) is 24.3 Å². The zero-order chi connectivity index (χ0) is 16.3. The molecule has 0 aliphatic carbocycles. The minimum absolute atomic E-state index is 0.229. The number of carboxylic acids is 2. The molecule has 1 saturated heterocycles. The molecule has 0 aromatic heterocycles. The van der Waals surface area contributed by atoms with Gasteiger partial charge in [0.2, 0.25) is 5.91 Å². The molecule has 8 nitrogen and oxygen atoms in total. The molecule has 1 aromatic carbocycles. The second-order valence-electron chi connectivity index (χ2n) is 5.03. The molecular formula is C14H16N2O6. The van der Waals surface area contributed by atoms with Crippen molar-refractivity contribution in [1.82, 2.24) is 5.32 Å². The molecule has 1 aromatic rings. The van der Waals surface area contributed by atoms with Crippen molar-refractivity contribution in [3.05, 3.63) is 29.8 Å². The summed E-state index contributed by atoms with van der Waals surface area (Å²) in [5.74, 6) is -3.04. The lowest BCUT2D eigenvalue weighted by atomic mass is 9.94. The van der Waals surface area contributed by atoms with Crippen LogP contribution in [0.2, 0.25) is 0 Å². The minimum Gasteiger partial charge on any atom is -0.489 e. The lowest BCUT2D eigenvalue weighted by molar-refractivity contribution is -0.142. The highest BCUT2D eigenvalue weighted by Gasteiger charge is 2.42. The Morgan fingerprint density at radius 2 is 1.86 bits per heavy atom. The summed E-state index contributed by atoms with van der Waals surface area (Å²) in [5.41, 5.74) is 5.46. The van der Waals surface area contributed by atoms with Gasteiger partial charge in [-0.25, -0.2) is 0 Å². The quantitative estimate of drug-likeness (QED) is 0.564. The third-order valence-electron chi connectivity index (χ3n) is 3.55. The molecular weight excluding hydrogens is 292 g/mol. The first-order chi connectivity index (χ1) is 10.4. The van der Waals surface area contributed by atoms with Gasteiger partial charge in [0.1, 0.15) is 17.9 Å². The first kappa shape index (κ1) is 15.8. The van der Waals surface area contributed by atoms with Crippen LogP contribution in [0.5, 0.6) is 5.75 Å². The molecule has 0 spiro atoms. The van der Waals surface area contributed by atoms with Gasteiger partial charge in [-0.1, -0.05) is 0 Å². The second kappa shape index (κ2) is 6.44. The number of rotatable bonds is 6. The zero-order valence-electron chi connectivity index (χ0n) is 11.6. The summed E-state index contributed by atoms with van der Waals surface area (Å²) in [7, 11) is 0. The van der Waals surface area contributed by atoms with Crippen molar-refractivity contribution in [3.63, 3.8) is 0 Å². The van der Waals surface area contributed by atoms with Crippen molar-refractivity contribution in [3.8, 4) is 5.75 Å². The van der Waals surface area contributed by atoms with Crippen molar-refractivity contribution in [2.24, 2.45) is 11.7 Å². The fraction of sp³-hybridized carbons (Fsp3) is 0.357. The summed E-state index contributed by atoms with van der Waals surface area (Å²) in [4.78, 5) is 33.1. The van der Waals surface area contributed by atoms with E-state index < -0.39 is 35.9 Å². The Morgan fingerprint density at radius 3 is 2.36 bits per heavy atom. The Hall–Kier alpha value is -2.61. The van der Waals surface area contributed by atoms with Crippen molar-refractivity contribution < 1.29 is 29.3 Å². The number of amides is 1. The van der Waals surface area contributed by atoms with E-state index in [1.807, 2.05) is 0 Å². The average Bonchev–Trinajstić information content (AvgIpc) is 2.82. The van der Waals surface area contributed by atoms with Gasteiger partial charge >= 0.3 is 11.9 Å². The van der Waals surface area contributed by atoms with Crippen molar-refractivity contribution in [2.45, 2.75) is 18.6 Å². The van der Waals surface area contributed by atoms with Crippen molar-refractivity contribution >= 4 is 17.8 Å². The highest BCUT2D eigenvalue weighted by molar-refractivity contribution is 5.92. The number of benzene rings is 1. The highest BCUT2D eigenvalue weighted by atomic mass is 16.5. The number of nitrogens with two attached hydrogens (primary N) is 1. The average molecular weight is 308 g/mol. The Balaban J connectivity index is 2.11. The van der Waals surface area contributed by atoms with E-state index in [0.29, 0.717) is 11.3 Å². The molecule has 8 heteroatoms. The van der Waals surface area contributed by atoms with Crippen molar-refractivity contribution in [1.29, 1.82) is 0 Å². The van der Waals surface area contributed by atoms with Gasteiger partial charge in [-0.05, 0) is 24.3 Å². The van der Waals surface area contributed by atoms with E-state index in [0.717, 1.165) is 0 Å². The summed E-state index contributed by atoms with van der Waals surface area (Å²) in [5, 5.41) is 20.8. The number of ether oxygens (including phenoxy) is 1. The second-order valence-corrected chi connectivity index (χ2v) is 5.03. The van der Waals surface area contributed by atoms with Crippen LogP contribution in [0, 0.1) is 5.92 Å². The van der Waals surface area contributed by atoms with E-state index in [-0.39, 0.29) is 13.0 Å². The van der Waals surface area contributed by atoms with Crippen LogP contribution in [0.15, 0.2) is 24.3 Å². The molecule has 1 heterocycles. The van der Waals surface area contributed by atoms with Gasteiger partial charge in [0, 0.05) is 18.0 Å². The van der Waals surface area contributed by atoms with E-state index in [4.69, 9.17) is 20.7 Å². The number of hydrogen-bond acceptors (Lipinski definition) is 5. The first-order valence-corrected chi connectivity index (χ1v) is 6.63. The molecule has 1 aliphatic heterocycles. The van der Waals surface area contributed by atoms with Crippen LogP contribution in [0.4, 0.5) is 0 Å².